The van der Waals surface area contributed by atoms with Crippen molar-refractivity contribution in [2.24, 2.45) is 0 Å². The van der Waals surface area contributed by atoms with Gasteiger partial charge in [-0.15, -0.1) is 4.52 Å². The standard InChI is InChI=1S/C8H9O6PS/c9-15(10)14-6-5-7-3-1-2-4-8(7)16(11,12)13/h1-4H,5-6H2,(H,11,12,13). The van der Waals surface area contributed by atoms with Gasteiger partial charge in [0.1, 0.15) is 6.61 Å². The first-order valence-electron chi connectivity index (χ1n) is 4.24. The van der Waals surface area contributed by atoms with Crippen molar-refractivity contribution in [3.05, 3.63) is 29.8 Å². The number of benzene rings is 1. The molecule has 0 spiro atoms. The first-order valence-corrected chi connectivity index (χ1v) is 6.77. The SMILES string of the molecule is O=[P+]([O-])OCCc1ccccc1S(=O)(=O)O. The molecule has 0 saturated heterocycles. The second kappa shape index (κ2) is 5.47. The van der Waals surface area contributed by atoms with Gasteiger partial charge < -0.3 is 4.89 Å². The van der Waals surface area contributed by atoms with E-state index in [-0.39, 0.29) is 17.9 Å². The summed E-state index contributed by atoms with van der Waals surface area (Å²) in [5.74, 6) is 0. The van der Waals surface area contributed by atoms with Crippen LogP contribution in [0.3, 0.4) is 0 Å². The first kappa shape index (κ1) is 13.2. The van der Waals surface area contributed by atoms with Gasteiger partial charge >= 0.3 is 8.25 Å². The average Bonchev–Trinajstić information content (AvgIpc) is 2.16. The Morgan fingerprint density at radius 1 is 1.38 bits per heavy atom. The predicted molar refractivity (Wildman–Crippen MR) is 53.5 cm³/mol. The minimum absolute atomic E-state index is 0.0826. The van der Waals surface area contributed by atoms with Crippen LogP contribution in [0.2, 0.25) is 0 Å². The minimum atomic E-state index is -4.29. The van der Waals surface area contributed by atoms with E-state index < -0.39 is 18.4 Å². The topological polar surface area (TPSA) is 104 Å². The normalized spacial score (nSPS) is 12.5. The van der Waals surface area contributed by atoms with Crippen molar-refractivity contribution in [3.63, 3.8) is 0 Å². The minimum Gasteiger partial charge on any atom is -0.566 e. The molecule has 88 valence electrons. The Morgan fingerprint density at radius 2 is 2.00 bits per heavy atom. The fraction of sp³-hybridized carbons (Fsp3) is 0.250. The Bertz CT molecular complexity index is 483. The lowest BCUT2D eigenvalue weighted by atomic mass is 10.2. The number of rotatable bonds is 5. The molecular formula is C8H9O6PS. The highest BCUT2D eigenvalue weighted by atomic mass is 32.2. The summed E-state index contributed by atoms with van der Waals surface area (Å²) in [6, 6.07) is 5.76. The zero-order valence-electron chi connectivity index (χ0n) is 8.07. The van der Waals surface area contributed by atoms with Gasteiger partial charge in [-0.3, -0.25) is 4.55 Å². The fourth-order valence-electron chi connectivity index (χ4n) is 1.19. The second-order valence-corrected chi connectivity index (χ2v) is 4.98. The molecule has 1 rings (SSSR count). The molecule has 0 bridgehead atoms. The Morgan fingerprint density at radius 3 is 2.56 bits per heavy atom. The third kappa shape index (κ3) is 3.96. The highest BCUT2D eigenvalue weighted by molar-refractivity contribution is 7.85. The third-order valence-electron chi connectivity index (χ3n) is 1.82. The summed E-state index contributed by atoms with van der Waals surface area (Å²) >= 11 is 0. The van der Waals surface area contributed by atoms with E-state index in [4.69, 9.17) is 4.55 Å². The smallest absolute Gasteiger partial charge is 0.488 e. The molecule has 1 unspecified atom stereocenters. The average molecular weight is 264 g/mol. The number of hydrogen-bond donors (Lipinski definition) is 1. The predicted octanol–water partition coefficient (Wildman–Crippen LogP) is 0.510. The molecule has 0 amide bonds. The van der Waals surface area contributed by atoms with Gasteiger partial charge in [0.15, 0.2) is 0 Å². The van der Waals surface area contributed by atoms with E-state index in [0.717, 1.165) is 0 Å². The van der Waals surface area contributed by atoms with E-state index in [1.807, 2.05) is 0 Å². The molecule has 6 nitrogen and oxygen atoms in total. The summed E-state index contributed by atoms with van der Waals surface area (Å²) in [5, 5.41) is 0. The molecule has 0 radical (unpaired) electrons. The first-order chi connectivity index (χ1) is 7.41. The number of hydrogen-bond acceptors (Lipinski definition) is 5. The van der Waals surface area contributed by atoms with Gasteiger partial charge in [-0.2, -0.15) is 8.42 Å². The Kier molecular flexibility index (Phi) is 4.52. The molecule has 0 heterocycles. The lowest BCUT2D eigenvalue weighted by molar-refractivity contribution is -0.185. The van der Waals surface area contributed by atoms with E-state index in [2.05, 4.69) is 4.52 Å². The Balaban J connectivity index is 2.84. The van der Waals surface area contributed by atoms with Gasteiger partial charge in [0.05, 0.1) is 4.90 Å². The van der Waals surface area contributed by atoms with Crippen LogP contribution in [0.4, 0.5) is 0 Å². The van der Waals surface area contributed by atoms with Gasteiger partial charge in [0.2, 0.25) is 0 Å². The summed E-state index contributed by atoms with van der Waals surface area (Å²) in [7, 11) is -7.24. The molecule has 0 aliphatic heterocycles. The summed E-state index contributed by atoms with van der Waals surface area (Å²) in [6.07, 6.45) is 0.0826. The largest absolute Gasteiger partial charge is 0.566 e. The molecule has 1 atom stereocenters. The second-order valence-electron chi connectivity index (χ2n) is 2.89. The molecule has 0 saturated carbocycles. The maximum Gasteiger partial charge on any atom is 0.488 e. The Labute approximate surface area is 93.6 Å². The molecule has 0 aromatic heterocycles. The van der Waals surface area contributed by atoms with Crippen LogP contribution in [0, 0.1) is 0 Å². The maximum absolute atomic E-state index is 10.9. The van der Waals surface area contributed by atoms with Crippen LogP contribution in [0.15, 0.2) is 29.2 Å². The lowest BCUT2D eigenvalue weighted by Gasteiger charge is -2.04. The van der Waals surface area contributed by atoms with Gasteiger partial charge in [-0.05, 0) is 16.2 Å². The van der Waals surface area contributed by atoms with E-state index in [9.17, 15) is 17.9 Å². The third-order valence-corrected chi connectivity index (χ3v) is 3.17. The van der Waals surface area contributed by atoms with Crippen LogP contribution in [0.25, 0.3) is 0 Å². The summed E-state index contributed by atoms with van der Waals surface area (Å²) in [4.78, 5) is 9.88. The van der Waals surface area contributed by atoms with Crippen molar-refractivity contribution in [2.75, 3.05) is 6.61 Å². The van der Waals surface area contributed by atoms with Crippen molar-refractivity contribution in [2.45, 2.75) is 11.3 Å². The van der Waals surface area contributed by atoms with E-state index in [0.29, 0.717) is 5.56 Å². The van der Waals surface area contributed by atoms with Crippen LogP contribution in [0.5, 0.6) is 0 Å². The molecule has 0 fully saturated rings. The highest BCUT2D eigenvalue weighted by Gasteiger charge is 2.14. The van der Waals surface area contributed by atoms with Gasteiger partial charge in [0, 0.05) is 6.42 Å². The molecule has 0 aliphatic carbocycles. The van der Waals surface area contributed by atoms with Crippen LogP contribution in [0.1, 0.15) is 5.56 Å². The maximum atomic E-state index is 10.9. The van der Waals surface area contributed by atoms with Crippen LogP contribution in [-0.4, -0.2) is 19.6 Å². The molecule has 1 aromatic rings. The van der Waals surface area contributed by atoms with Crippen molar-refractivity contribution in [1.82, 2.24) is 0 Å². The van der Waals surface area contributed by atoms with Crippen molar-refractivity contribution in [3.8, 4) is 0 Å². The molecule has 16 heavy (non-hydrogen) atoms. The van der Waals surface area contributed by atoms with Crippen LogP contribution in [-0.2, 0) is 25.6 Å². The quantitative estimate of drug-likeness (QED) is 0.613. The highest BCUT2D eigenvalue weighted by Crippen LogP contribution is 2.17. The Hall–Kier alpha value is -0.850. The van der Waals surface area contributed by atoms with Crippen molar-refractivity contribution < 1.29 is 27.0 Å². The monoisotopic (exact) mass is 264 g/mol. The van der Waals surface area contributed by atoms with Crippen LogP contribution < -0.4 is 4.89 Å². The molecular weight excluding hydrogens is 255 g/mol. The summed E-state index contributed by atoms with van der Waals surface area (Å²) in [6.45, 7) is -0.161. The molecule has 0 aliphatic rings. The summed E-state index contributed by atoms with van der Waals surface area (Å²) < 4.78 is 45.2. The zero-order chi connectivity index (χ0) is 12.2. The van der Waals surface area contributed by atoms with E-state index >= 15 is 0 Å². The van der Waals surface area contributed by atoms with E-state index in [1.165, 1.54) is 18.2 Å². The molecule has 1 N–H and O–H groups in total. The fourth-order valence-corrected chi connectivity index (χ4v) is 2.18. The lowest BCUT2D eigenvalue weighted by Crippen LogP contribution is -2.05. The zero-order valence-corrected chi connectivity index (χ0v) is 9.78. The van der Waals surface area contributed by atoms with E-state index in [1.54, 1.807) is 6.07 Å². The molecule has 1 aromatic carbocycles. The summed E-state index contributed by atoms with van der Waals surface area (Å²) in [5.41, 5.74) is 0.307. The van der Waals surface area contributed by atoms with Gasteiger partial charge in [-0.25, -0.2) is 0 Å². The van der Waals surface area contributed by atoms with Crippen molar-refractivity contribution >= 4 is 18.4 Å². The van der Waals surface area contributed by atoms with Crippen molar-refractivity contribution in [1.29, 1.82) is 0 Å². The van der Waals surface area contributed by atoms with Gasteiger partial charge in [-0.1, -0.05) is 18.2 Å². The van der Waals surface area contributed by atoms with Gasteiger partial charge in [0.25, 0.3) is 10.1 Å². The molecule has 8 heteroatoms. The van der Waals surface area contributed by atoms with Crippen LogP contribution >= 0.6 is 8.25 Å².